The maximum atomic E-state index is 11.7. The van der Waals surface area contributed by atoms with Gasteiger partial charge in [-0.05, 0) is 45.7 Å². The Bertz CT molecular complexity index is 217. The van der Waals surface area contributed by atoms with Crippen LogP contribution in [0.15, 0.2) is 0 Å². The van der Waals surface area contributed by atoms with Gasteiger partial charge in [0.2, 0.25) is 0 Å². The van der Waals surface area contributed by atoms with Crippen LogP contribution in [0.1, 0.15) is 32.6 Å². The molecule has 0 amide bonds. The van der Waals surface area contributed by atoms with E-state index in [1.807, 2.05) is 6.92 Å². The first-order valence-corrected chi connectivity index (χ1v) is 5.73. The maximum Gasteiger partial charge on any atom is 0.310 e. The van der Waals surface area contributed by atoms with Crippen molar-refractivity contribution in [3.63, 3.8) is 0 Å². The van der Waals surface area contributed by atoms with Crippen LogP contribution in [-0.2, 0) is 9.53 Å². The number of fused-ring (bicyclic) bond motifs is 1. The molecule has 0 N–H and O–H groups in total. The van der Waals surface area contributed by atoms with E-state index in [0.29, 0.717) is 12.6 Å². The molecule has 2 aliphatic rings. The highest BCUT2D eigenvalue weighted by molar-refractivity contribution is 5.73. The number of rotatable bonds is 2. The molecule has 2 fully saturated rings. The van der Waals surface area contributed by atoms with Crippen molar-refractivity contribution in [1.82, 2.24) is 4.90 Å². The Kier molecular flexibility index (Phi) is 3.06. The summed E-state index contributed by atoms with van der Waals surface area (Å²) in [5.41, 5.74) is 0. The van der Waals surface area contributed by atoms with Crippen molar-refractivity contribution in [2.45, 2.75) is 38.6 Å². The highest BCUT2D eigenvalue weighted by Gasteiger charge is 2.39. The predicted molar refractivity (Wildman–Crippen MR) is 54.0 cm³/mol. The fourth-order valence-electron chi connectivity index (χ4n) is 2.82. The Hall–Kier alpha value is -0.570. The molecule has 2 rings (SSSR count). The normalized spacial score (nSPS) is 32.6. The highest BCUT2D eigenvalue weighted by atomic mass is 16.5. The molecule has 2 atom stereocenters. The summed E-state index contributed by atoms with van der Waals surface area (Å²) in [7, 11) is 0. The van der Waals surface area contributed by atoms with E-state index in [1.54, 1.807) is 0 Å². The molecule has 2 unspecified atom stereocenters. The molecule has 2 aliphatic heterocycles. The van der Waals surface area contributed by atoms with Gasteiger partial charge in [-0.1, -0.05) is 0 Å². The van der Waals surface area contributed by atoms with Gasteiger partial charge in [-0.25, -0.2) is 0 Å². The SMILES string of the molecule is CCOC(=O)C1CCCN2CCCC12. The molecule has 0 aliphatic carbocycles. The molecule has 0 aromatic heterocycles. The molecule has 0 aromatic carbocycles. The Labute approximate surface area is 85.4 Å². The topological polar surface area (TPSA) is 29.5 Å². The molecule has 14 heavy (non-hydrogen) atoms. The number of ether oxygens (including phenoxy) is 1. The van der Waals surface area contributed by atoms with E-state index < -0.39 is 0 Å². The Morgan fingerprint density at radius 2 is 2.07 bits per heavy atom. The summed E-state index contributed by atoms with van der Waals surface area (Å²) in [6, 6.07) is 0.489. The molecule has 3 nitrogen and oxygen atoms in total. The Balaban J connectivity index is 1.99. The lowest BCUT2D eigenvalue weighted by molar-refractivity contribution is -0.151. The van der Waals surface area contributed by atoms with Crippen LogP contribution in [-0.4, -0.2) is 36.6 Å². The van der Waals surface area contributed by atoms with Crippen LogP contribution in [0.2, 0.25) is 0 Å². The molecule has 0 radical (unpaired) electrons. The number of hydrogen-bond acceptors (Lipinski definition) is 3. The van der Waals surface area contributed by atoms with Crippen LogP contribution in [0.4, 0.5) is 0 Å². The summed E-state index contributed by atoms with van der Waals surface area (Å²) in [6.07, 6.45) is 4.62. The van der Waals surface area contributed by atoms with Crippen LogP contribution < -0.4 is 0 Å². The third kappa shape index (κ3) is 1.78. The predicted octanol–water partition coefficient (Wildman–Crippen LogP) is 1.42. The van der Waals surface area contributed by atoms with E-state index in [2.05, 4.69) is 4.90 Å². The largest absolute Gasteiger partial charge is 0.466 e. The number of piperidine rings is 1. The minimum Gasteiger partial charge on any atom is -0.466 e. The maximum absolute atomic E-state index is 11.7. The summed E-state index contributed by atoms with van der Waals surface area (Å²) < 4.78 is 5.12. The van der Waals surface area contributed by atoms with E-state index >= 15 is 0 Å². The van der Waals surface area contributed by atoms with Crippen molar-refractivity contribution in [1.29, 1.82) is 0 Å². The molecule has 2 saturated heterocycles. The van der Waals surface area contributed by atoms with Gasteiger partial charge in [-0.3, -0.25) is 9.69 Å². The average molecular weight is 197 g/mol. The fourth-order valence-corrected chi connectivity index (χ4v) is 2.82. The van der Waals surface area contributed by atoms with Crippen LogP contribution >= 0.6 is 0 Å². The van der Waals surface area contributed by atoms with Gasteiger partial charge in [-0.15, -0.1) is 0 Å². The zero-order chi connectivity index (χ0) is 9.97. The standard InChI is InChI=1S/C11H19NO2/c1-2-14-11(13)9-5-3-7-12-8-4-6-10(9)12/h9-10H,2-8H2,1H3. The number of carbonyl (C=O) groups is 1. The second kappa shape index (κ2) is 4.30. The van der Waals surface area contributed by atoms with Crippen molar-refractivity contribution < 1.29 is 9.53 Å². The van der Waals surface area contributed by atoms with Gasteiger partial charge in [0.05, 0.1) is 12.5 Å². The van der Waals surface area contributed by atoms with Crippen molar-refractivity contribution in [3.05, 3.63) is 0 Å². The van der Waals surface area contributed by atoms with Gasteiger partial charge >= 0.3 is 5.97 Å². The summed E-state index contributed by atoms with van der Waals surface area (Å²) in [5, 5.41) is 0. The van der Waals surface area contributed by atoms with Gasteiger partial charge < -0.3 is 4.74 Å². The lowest BCUT2D eigenvalue weighted by Gasteiger charge is -2.35. The van der Waals surface area contributed by atoms with Crippen molar-refractivity contribution in [2.75, 3.05) is 19.7 Å². The quantitative estimate of drug-likeness (QED) is 0.627. The molecule has 80 valence electrons. The molecular formula is C11H19NO2. The summed E-state index contributed by atoms with van der Waals surface area (Å²) in [4.78, 5) is 14.2. The number of esters is 1. The molecule has 0 aromatic rings. The first kappa shape index (κ1) is 9.97. The van der Waals surface area contributed by atoms with Crippen molar-refractivity contribution in [2.24, 2.45) is 5.92 Å². The lowest BCUT2D eigenvalue weighted by Crippen LogP contribution is -2.44. The summed E-state index contributed by atoms with van der Waals surface area (Å²) in [5.74, 6) is 0.190. The molecule has 2 heterocycles. The van der Waals surface area contributed by atoms with Gasteiger partial charge in [0.1, 0.15) is 0 Å². The first-order valence-electron chi connectivity index (χ1n) is 5.73. The van der Waals surface area contributed by atoms with Crippen LogP contribution in [0.5, 0.6) is 0 Å². The molecule has 0 saturated carbocycles. The van der Waals surface area contributed by atoms with Gasteiger partial charge in [0.25, 0.3) is 0 Å². The zero-order valence-electron chi connectivity index (χ0n) is 8.87. The van der Waals surface area contributed by atoms with E-state index in [9.17, 15) is 4.79 Å². The summed E-state index contributed by atoms with van der Waals surface area (Å²) in [6.45, 7) is 4.76. The third-order valence-corrected chi connectivity index (χ3v) is 3.43. The van der Waals surface area contributed by atoms with Crippen LogP contribution in [0.3, 0.4) is 0 Å². The fraction of sp³-hybridized carbons (Fsp3) is 0.909. The van der Waals surface area contributed by atoms with Gasteiger partial charge in [0.15, 0.2) is 0 Å². The molecule has 0 bridgehead atoms. The molecule has 0 spiro atoms. The number of nitrogens with zero attached hydrogens (tertiary/aromatic N) is 1. The van der Waals surface area contributed by atoms with Crippen molar-refractivity contribution >= 4 is 5.97 Å². The van der Waals surface area contributed by atoms with Crippen LogP contribution in [0, 0.1) is 5.92 Å². The monoisotopic (exact) mass is 197 g/mol. The summed E-state index contributed by atoms with van der Waals surface area (Å²) >= 11 is 0. The van der Waals surface area contributed by atoms with E-state index in [0.717, 1.165) is 12.8 Å². The zero-order valence-corrected chi connectivity index (χ0v) is 8.87. The average Bonchev–Trinajstić information content (AvgIpc) is 2.65. The van der Waals surface area contributed by atoms with E-state index in [1.165, 1.54) is 25.9 Å². The number of carbonyl (C=O) groups excluding carboxylic acids is 1. The first-order chi connectivity index (χ1) is 6.83. The van der Waals surface area contributed by atoms with Crippen molar-refractivity contribution in [3.8, 4) is 0 Å². The minimum atomic E-state index is 0.0316. The van der Waals surface area contributed by atoms with Gasteiger partial charge in [-0.2, -0.15) is 0 Å². The van der Waals surface area contributed by atoms with E-state index in [4.69, 9.17) is 4.74 Å². The highest BCUT2D eigenvalue weighted by Crippen LogP contribution is 2.32. The smallest absolute Gasteiger partial charge is 0.310 e. The number of hydrogen-bond donors (Lipinski definition) is 0. The van der Waals surface area contributed by atoms with Gasteiger partial charge in [0, 0.05) is 6.04 Å². The van der Waals surface area contributed by atoms with Crippen LogP contribution in [0.25, 0.3) is 0 Å². The third-order valence-electron chi connectivity index (χ3n) is 3.43. The second-order valence-electron chi connectivity index (χ2n) is 4.25. The molecule has 3 heteroatoms. The van der Waals surface area contributed by atoms with E-state index in [-0.39, 0.29) is 11.9 Å². The Morgan fingerprint density at radius 3 is 2.79 bits per heavy atom. The lowest BCUT2D eigenvalue weighted by atomic mass is 9.89. The second-order valence-corrected chi connectivity index (χ2v) is 4.25. The minimum absolute atomic E-state index is 0.0316. The molecular weight excluding hydrogens is 178 g/mol. The Morgan fingerprint density at radius 1 is 1.36 bits per heavy atom.